The molecule has 4 heterocycles. The predicted octanol–water partition coefficient (Wildman–Crippen LogP) is 3.14. The third kappa shape index (κ3) is 4.45. The Morgan fingerprint density at radius 1 is 1.14 bits per heavy atom. The van der Waals surface area contributed by atoms with Crippen molar-refractivity contribution < 1.29 is 9.53 Å². The quantitative estimate of drug-likeness (QED) is 0.594. The first-order valence-electron chi connectivity index (χ1n) is 12.8. The summed E-state index contributed by atoms with van der Waals surface area (Å²) in [6.07, 6.45) is 1.50. The van der Waals surface area contributed by atoms with Gasteiger partial charge in [-0.2, -0.15) is 5.10 Å². The number of hydrogen-bond acceptors (Lipinski definition) is 8. The smallest absolute Gasteiger partial charge is 0.409 e. The average Bonchev–Trinajstić information content (AvgIpc) is 3.31. The molecule has 0 radical (unpaired) electrons. The molecule has 2 aliphatic rings. The Kier molecular flexibility index (Phi) is 6.70. The third-order valence-corrected chi connectivity index (χ3v) is 7.50. The van der Waals surface area contributed by atoms with Gasteiger partial charge in [-0.05, 0) is 45.0 Å². The number of rotatable bonds is 4. The number of hydrogen-bond donors (Lipinski definition) is 1. The fourth-order valence-corrected chi connectivity index (χ4v) is 5.59. The third-order valence-electron chi connectivity index (χ3n) is 7.50. The number of nitrogens with zero attached hydrogens (tertiary/aromatic N) is 7. The van der Waals surface area contributed by atoms with Gasteiger partial charge in [0, 0.05) is 62.6 Å². The van der Waals surface area contributed by atoms with Crippen molar-refractivity contribution in [3.8, 4) is 11.3 Å². The lowest BCUT2D eigenvalue weighted by Crippen LogP contribution is -2.58. The van der Waals surface area contributed by atoms with Crippen molar-refractivity contribution in [2.75, 3.05) is 62.7 Å². The SMILES string of the molecule is CCN1CCN(c2ccc(-c3n[nH]c4cnc(N5C(C)CN(C(=O)OC)CC5C)nc34)cc2C)CC1. The molecule has 0 aliphatic carbocycles. The molecule has 1 aromatic carbocycles. The van der Waals surface area contributed by atoms with E-state index in [2.05, 4.69) is 75.8 Å². The number of anilines is 2. The van der Waals surface area contributed by atoms with Crippen molar-refractivity contribution in [2.24, 2.45) is 0 Å². The van der Waals surface area contributed by atoms with Gasteiger partial charge < -0.3 is 24.3 Å². The van der Waals surface area contributed by atoms with Crippen LogP contribution in [0.5, 0.6) is 0 Å². The second-order valence-corrected chi connectivity index (χ2v) is 9.91. The van der Waals surface area contributed by atoms with E-state index in [0.717, 1.165) is 55.0 Å². The van der Waals surface area contributed by atoms with Gasteiger partial charge in [-0.15, -0.1) is 0 Å². The van der Waals surface area contributed by atoms with Gasteiger partial charge in [-0.1, -0.05) is 13.0 Å². The Hall–Kier alpha value is -3.40. The minimum atomic E-state index is -0.298. The fraction of sp³-hybridized carbons (Fsp3) is 0.538. The number of H-pyrrole nitrogens is 1. The Labute approximate surface area is 212 Å². The number of benzene rings is 1. The molecule has 10 nitrogen and oxygen atoms in total. The number of carbonyl (C=O) groups is 1. The molecule has 0 spiro atoms. The number of ether oxygens (including phenoxy) is 1. The van der Waals surface area contributed by atoms with E-state index in [1.165, 1.54) is 18.4 Å². The van der Waals surface area contributed by atoms with Crippen LogP contribution in [0.1, 0.15) is 26.3 Å². The molecular weight excluding hydrogens is 456 g/mol. The fourth-order valence-electron chi connectivity index (χ4n) is 5.59. The van der Waals surface area contributed by atoms with Crippen LogP contribution in [0.4, 0.5) is 16.4 Å². The summed E-state index contributed by atoms with van der Waals surface area (Å²) < 4.78 is 4.93. The van der Waals surface area contributed by atoms with Crippen molar-refractivity contribution in [1.29, 1.82) is 0 Å². The highest BCUT2D eigenvalue weighted by molar-refractivity contribution is 5.90. The predicted molar refractivity (Wildman–Crippen MR) is 142 cm³/mol. The highest BCUT2D eigenvalue weighted by Gasteiger charge is 2.34. The number of aromatic nitrogens is 4. The molecule has 1 amide bonds. The first-order chi connectivity index (χ1) is 17.4. The monoisotopic (exact) mass is 492 g/mol. The summed E-state index contributed by atoms with van der Waals surface area (Å²) in [5.41, 5.74) is 6.00. The van der Waals surface area contributed by atoms with Gasteiger partial charge in [0.05, 0.1) is 13.3 Å². The van der Waals surface area contributed by atoms with Gasteiger partial charge in [-0.3, -0.25) is 5.10 Å². The molecule has 3 aromatic rings. The summed E-state index contributed by atoms with van der Waals surface area (Å²) in [7, 11) is 1.42. The number of amides is 1. The zero-order valence-electron chi connectivity index (χ0n) is 21.9. The van der Waals surface area contributed by atoms with E-state index >= 15 is 0 Å². The molecule has 192 valence electrons. The lowest BCUT2D eigenvalue weighted by atomic mass is 10.0. The molecule has 2 atom stereocenters. The standard InChI is InChI=1S/C26H36N8O2/c1-6-31-9-11-32(12-10-31)22-8-7-20(13-17(22)2)23-24-21(29-30-23)14-27-25(28-24)34-18(3)15-33(16-19(34)4)26(35)36-5/h7-8,13-14,18-19H,6,9-12,15-16H2,1-5H3,(H,29,30). The molecule has 2 fully saturated rings. The van der Waals surface area contributed by atoms with Crippen LogP contribution in [0.3, 0.4) is 0 Å². The Balaban J connectivity index is 1.41. The highest BCUT2D eigenvalue weighted by Crippen LogP contribution is 2.31. The zero-order valence-corrected chi connectivity index (χ0v) is 21.9. The van der Waals surface area contributed by atoms with Crippen molar-refractivity contribution >= 4 is 28.8 Å². The van der Waals surface area contributed by atoms with Crippen LogP contribution >= 0.6 is 0 Å². The minimum Gasteiger partial charge on any atom is -0.453 e. The summed E-state index contributed by atoms with van der Waals surface area (Å²) in [6, 6.07) is 6.67. The topological polar surface area (TPSA) is 93.7 Å². The van der Waals surface area contributed by atoms with Gasteiger partial charge in [0.25, 0.3) is 0 Å². The van der Waals surface area contributed by atoms with Crippen LogP contribution in [-0.2, 0) is 4.74 Å². The number of methoxy groups -OCH3 is 1. The number of aromatic amines is 1. The van der Waals surface area contributed by atoms with Gasteiger partial charge in [-0.25, -0.2) is 14.8 Å². The maximum absolute atomic E-state index is 12.1. The second kappa shape index (κ2) is 9.93. The number of aryl methyl sites for hydroxylation is 1. The number of likely N-dealkylation sites (N-methyl/N-ethyl adjacent to an activating group) is 1. The number of piperazine rings is 2. The Bertz CT molecular complexity index is 1220. The van der Waals surface area contributed by atoms with Gasteiger partial charge in [0.1, 0.15) is 16.7 Å². The number of carbonyl (C=O) groups excluding carboxylic acids is 1. The summed E-state index contributed by atoms with van der Waals surface area (Å²) in [5, 5.41) is 7.70. The summed E-state index contributed by atoms with van der Waals surface area (Å²) in [4.78, 5) is 30.5. The second-order valence-electron chi connectivity index (χ2n) is 9.91. The largest absolute Gasteiger partial charge is 0.453 e. The van der Waals surface area contributed by atoms with E-state index in [4.69, 9.17) is 9.72 Å². The average molecular weight is 493 g/mol. The summed E-state index contributed by atoms with van der Waals surface area (Å²) in [6.45, 7) is 15.1. The van der Waals surface area contributed by atoms with E-state index in [1.807, 2.05) is 0 Å². The van der Waals surface area contributed by atoms with Crippen molar-refractivity contribution in [1.82, 2.24) is 30.0 Å². The molecule has 36 heavy (non-hydrogen) atoms. The van der Waals surface area contributed by atoms with Crippen LogP contribution in [0, 0.1) is 6.92 Å². The maximum atomic E-state index is 12.1. The molecule has 1 N–H and O–H groups in total. The van der Waals surface area contributed by atoms with Crippen LogP contribution in [0.25, 0.3) is 22.3 Å². The summed E-state index contributed by atoms with van der Waals surface area (Å²) >= 11 is 0. The highest BCUT2D eigenvalue weighted by atomic mass is 16.5. The molecule has 5 rings (SSSR count). The van der Waals surface area contributed by atoms with Crippen LogP contribution in [0.2, 0.25) is 0 Å². The molecule has 2 unspecified atom stereocenters. The lowest BCUT2D eigenvalue weighted by molar-refractivity contribution is 0.109. The van der Waals surface area contributed by atoms with Gasteiger partial charge >= 0.3 is 6.09 Å². The van der Waals surface area contributed by atoms with E-state index < -0.39 is 0 Å². The molecular formula is C26H36N8O2. The van der Waals surface area contributed by atoms with Gasteiger partial charge in [0.15, 0.2) is 0 Å². The molecule has 2 saturated heterocycles. The first-order valence-corrected chi connectivity index (χ1v) is 12.8. The van der Waals surface area contributed by atoms with Crippen molar-refractivity contribution in [3.05, 3.63) is 30.0 Å². The van der Waals surface area contributed by atoms with Crippen LogP contribution in [-0.4, -0.2) is 101 Å². The lowest BCUT2D eigenvalue weighted by Gasteiger charge is -2.43. The normalized spacial score (nSPS) is 21.3. The molecule has 2 aromatic heterocycles. The minimum absolute atomic E-state index is 0.0513. The zero-order chi connectivity index (χ0) is 25.4. The van der Waals surface area contributed by atoms with Crippen molar-refractivity contribution in [2.45, 2.75) is 39.8 Å². The summed E-state index contributed by atoms with van der Waals surface area (Å²) in [5.74, 6) is 0.650. The van der Waals surface area contributed by atoms with E-state index in [1.54, 1.807) is 11.1 Å². The molecule has 10 heteroatoms. The first kappa shape index (κ1) is 24.3. The Morgan fingerprint density at radius 3 is 2.50 bits per heavy atom. The Morgan fingerprint density at radius 2 is 1.86 bits per heavy atom. The van der Waals surface area contributed by atoms with Gasteiger partial charge in [0.2, 0.25) is 5.95 Å². The van der Waals surface area contributed by atoms with E-state index in [-0.39, 0.29) is 18.2 Å². The van der Waals surface area contributed by atoms with Crippen LogP contribution < -0.4 is 9.80 Å². The number of nitrogens with one attached hydrogen (secondary N) is 1. The van der Waals surface area contributed by atoms with E-state index in [0.29, 0.717) is 19.0 Å². The van der Waals surface area contributed by atoms with Crippen molar-refractivity contribution in [3.63, 3.8) is 0 Å². The van der Waals surface area contributed by atoms with E-state index in [9.17, 15) is 4.79 Å². The molecule has 0 saturated carbocycles. The maximum Gasteiger partial charge on any atom is 0.409 e. The number of fused-ring (bicyclic) bond motifs is 1. The molecule has 0 bridgehead atoms. The van der Waals surface area contributed by atoms with Crippen LogP contribution in [0.15, 0.2) is 24.4 Å². The molecule has 2 aliphatic heterocycles.